The highest BCUT2D eigenvalue weighted by Crippen LogP contribution is 2.38. The van der Waals surface area contributed by atoms with Gasteiger partial charge in [-0.2, -0.15) is 0 Å². The summed E-state index contributed by atoms with van der Waals surface area (Å²) in [7, 11) is 0. The fourth-order valence-corrected chi connectivity index (χ4v) is 3.91. The van der Waals surface area contributed by atoms with E-state index in [2.05, 4.69) is 32.9 Å². The van der Waals surface area contributed by atoms with Gasteiger partial charge in [-0.15, -0.1) is 0 Å². The molecule has 1 fully saturated rings. The van der Waals surface area contributed by atoms with Gasteiger partial charge >= 0.3 is 0 Å². The minimum Gasteiger partial charge on any atom is -0.508 e. The van der Waals surface area contributed by atoms with E-state index in [4.69, 9.17) is 0 Å². The molecule has 2 aromatic carbocycles. The molecule has 2 aromatic rings. The van der Waals surface area contributed by atoms with Crippen LogP contribution in [-0.2, 0) is 0 Å². The molecule has 0 unspecified atom stereocenters. The maximum absolute atomic E-state index is 9.48. The molecule has 0 bridgehead atoms. The highest BCUT2D eigenvalue weighted by Gasteiger charge is 2.21. The lowest BCUT2D eigenvalue weighted by molar-refractivity contribution is 0.348. The van der Waals surface area contributed by atoms with E-state index in [0.29, 0.717) is 5.75 Å². The largest absolute Gasteiger partial charge is 0.508 e. The Morgan fingerprint density at radius 1 is 0.864 bits per heavy atom. The van der Waals surface area contributed by atoms with Crippen molar-refractivity contribution >= 4 is 0 Å². The first-order valence-electron chi connectivity index (χ1n) is 8.45. The molecule has 0 spiro atoms. The van der Waals surface area contributed by atoms with Gasteiger partial charge in [0.25, 0.3) is 0 Å². The maximum Gasteiger partial charge on any atom is 0.115 e. The molecule has 0 amide bonds. The van der Waals surface area contributed by atoms with E-state index >= 15 is 0 Å². The summed E-state index contributed by atoms with van der Waals surface area (Å²) >= 11 is 0. The Labute approximate surface area is 134 Å². The summed E-state index contributed by atoms with van der Waals surface area (Å²) in [4.78, 5) is 0. The monoisotopic (exact) mass is 294 g/mol. The van der Waals surface area contributed by atoms with Gasteiger partial charge in [-0.1, -0.05) is 44.0 Å². The molecule has 1 heteroatoms. The fraction of sp³-hybridized carbons (Fsp3) is 0.429. The number of phenolic OH excluding ortho intramolecular Hbond substituents is 1. The first-order chi connectivity index (χ1) is 10.5. The summed E-state index contributed by atoms with van der Waals surface area (Å²) in [5, 5.41) is 9.48. The van der Waals surface area contributed by atoms with Gasteiger partial charge in [0.1, 0.15) is 5.75 Å². The van der Waals surface area contributed by atoms with E-state index in [-0.39, 0.29) is 0 Å². The van der Waals surface area contributed by atoms with Gasteiger partial charge in [0.2, 0.25) is 0 Å². The highest BCUT2D eigenvalue weighted by molar-refractivity contribution is 5.71. The van der Waals surface area contributed by atoms with Gasteiger partial charge in [-0.3, -0.25) is 0 Å². The summed E-state index contributed by atoms with van der Waals surface area (Å²) in [6, 6.07) is 12.3. The second-order valence-corrected chi connectivity index (χ2v) is 7.03. The van der Waals surface area contributed by atoms with E-state index in [1.54, 1.807) is 12.1 Å². The van der Waals surface area contributed by atoms with Crippen molar-refractivity contribution in [3.8, 4) is 16.9 Å². The summed E-state index contributed by atoms with van der Waals surface area (Å²) < 4.78 is 0. The Morgan fingerprint density at radius 2 is 1.41 bits per heavy atom. The minimum absolute atomic E-state index is 0.326. The maximum atomic E-state index is 9.48. The third-order valence-corrected chi connectivity index (χ3v) is 5.20. The van der Waals surface area contributed by atoms with Crippen LogP contribution in [0.4, 0.5) is 0 Å². The number of aryl methyl sites for hydroxylation is 2. The van der Waals surface area contributed by atoms with Crippen LogP contribution in [-0.4, -0.2) is 5.11 Å². The van der Waals surface area contributed by atoms with Crippen LogP contribution >= 0.6 is 0 Å². The molecule has 22 heavy (non-hydrogen) atoms. The normalized spacial score (nSPS) is 21.8. The van der Waals surface area contributed by atoms with E-state index in [9.17, 15) is 5.11 Å². The van der Waals surface area contributed by atoms with Crippen LogP contribution in [0.2, 0.25) is 0 Å². The van der Waals surface area contributed by atoms with Crippen molar-refractivity contribution in [3.05, 3.63) is 53.1 Å². The number of phenols is 1. The predicted octanol–water partition coefficient (Wildman–Crippen LogP) is 5.97. The Balaban J connectivity index is 1.93. The van der Waals surface area contributed by atoms with Crippen molar-refractivity contribution in [1.29, 1.82) is 0 Å². The SMILES string of the molecule is Cc1cc(C2CCC(C)CC2)cc(C)c1-c1ccc(O)cc1. The number of hydrogen-bond donors (Lipinski definition) is 1. The number of hydrogen-bond acceptors (Lipinski definition) is 1. The molecule has 1 saturated carbocycles. The molecule has 3 rings (SSSR count). The van der Waals surface area contributed by atoms with Gasteiger partial charge in [0.15, 0.2) is 0 Å². The van der Waals surface area contributed by atoms with Crippen LogP contribution in [0.25, 0.3) is 11.1 Å². The van der Waals surface area contributed by atoms with E-state index in [1.165, 1.54) is 53.5 Å². The van der Waals surface area contributed by atoms with Crippen LogP contribution in [0.3, 0.4) is 0 Å². The highest BCUT2D eigenvalue weighted by atomic mass is 16.3. The molecule has 0 saturated heterocycles. The molecule has 1 aliphatic carbocycles. The van der Waals surface area contributed by atoms with Crippen LogP contribution in [0.1, 0.15) is 55.2 Å². The first-order valence-corrected chi connectivity index (χ1v) is 8.45. The van der Waals surface area contributed by atoms with Gasteiger partial charge in [0, 0.05) is 0 Å². The average molecular weight is 294 g/mol. The van der Waals surface area contributed by atoms with Gasteiger partial charge in [-0.05, 0) is 78.5 Å². The molecule has 1 N–H and O–H groups in total. The molecular weight excluding hydrogens is 268 g/mol. The molecule has 0 radical (unpaired) electrons. The molecule has 1 aliphatic rings. The number of rotatable bonds is 2. The van der Waals surface area contributed by atoms with Crippen molar-refractivity contribution in [2.75, 3.05) is 0 Å². The first kappa shape index (κ1) is 15.1. The molecule has 1 nitrogen and oxygen atoms in total. The fourth-order valence-electron chi connectivity index (χ4n) is 3.91. The van der Waals surface area contributed by atoms with Crippen molar-refractivity contribution in [2.45, 2.75) is 52.4 Å². The Morgan fingerprint density at radius 3 is 1.95 bits per heavy atom. The quantitative estimate of drug-likeness (QED) is 0.723. The van der Waals surface area contributed by atoms with E-state index in [0.717, 1.165) is 11.8 Å². The van der Waals surface area contributed by atoms with Crippen molar-refractivity contribution in [2.24, 2.45) is 5.92 Å². The number of benzene rings is 2. The van der Waals surface area contributed by atoms with Crippen LogP contribution in [0, 0.1) is 19.8 Å². The van der Waals surface area contributed by atoms with E-state index in [1.807, 2.05) is 12.1 Å². The van der Waals surface area contributed by atoms with Crippen molar-refractivity contribution in [3.63, 3.8) is 0 Å². The zero-order valence-corrected chi connectivity index (χ0v) is 13.9. The third kappa shape index (κ3) is 3.04. The smallest absolute Gasteiger partial charge is 0.115 e. The zero-order chi connectivity index (χ0) is 15.7. The average Bonchev–Trinajstić information content (AvgIpc) is 2.49. The Hall–Kier alpha value is -1.76. The number of aromatic hydroxyl groups is 1. The lowest BCUT2D eigenvalue weighted by Crippen LogP contribution is -2.11. The summed E-state index contributed by atoms with van der Waals surface area (Å²) in [5.41, 5.74) is 6.72. The Bertz CT molecular complexity index is 623. The van der Waals surface area contributed by atoms with Crippen LogP contribution in [0.5, 0.6) is 5.75 Å². The molecule has 0 heterocycles. The second kappa shape index (κ2) is 6.16. The Kier molecular flexibility index (Phi) is 4.24. The summed E-state index contributed by atoms with van der Waals surface area (Å²) in [6.45, 7) is 6.80. The van der Waals surface area contributed by atoms with E-state index < -0.39 is 0 Å². The van der Waals surface area contributed by atoms with Gasteiger partial charge in [0.05, 0.1) is 0 Å². The van der Waals surface area contributed by atoms with Crippen LogP contribution < -0.4 is 0 Å². The lowest BCUT2D eigenvalue weighted by atomic mass is 9.78. The summed E-state index contributed by atoms with van der Waals surface area (Å²) in [6.07, 6.45) is 5.39. The van der Waals surface area contributed by atoms with Crippen molar-refractivity contribution < 1.29 is 5.11 Å². The molecule has 0 aliphatic heterocycles. The minimum atomic E-state index is 0.326. The molecule has 0 aromatic heterocycles. The topological polar surface area (TPSA) is 20.2 Å². The molecule has 116 valence electrons. The second-order valence-electron chi connectivity index (χ2n) is 7.03. The lowest BCUT2D eigenvalue weighted by Gasteiger charge is -2.27. The van der Waals surface area contributed by atoms with Crippen LogP contribution in [0.15, 0.2) is 36.4 Å². The standard InChI is InChI=1S/C21H26O/c1-14-4-6-17(7-5-14)19-12-15(2)21(16(3)13-19)18-8-10-20(22)11-9-18/h8-14,17,22H,4-7H2,1-3H3. The predicted molar refractivity (Wildman–Crippen MR) is 93.4 cm³/mol. The molecular formula is C21H26O. The van der Waals surface area contributed by atoms with Crippen molar-refractivity contribution in [1.82, 2.24) is 0 Å². The zero-order valence-electron chi connectivity index (χ0n) is 13.9. The third-order valence-electron chi connectivity index (χ3n) is 5.20. The van der Waals surface area contributed by atoms with Gasteiger partial charge in [-0.25, -0.2) is 0 Å². The van der Waals surface area contributed by atoms with Gasteiger partial charge < -0.3 is 5.11 Å². The summed E-state index contributed by atoms with van der Waals surface area (Å²) in [5.74, 6) is 1.96. The molecule has 0 atom stereocenters.